The largest absolute Gasteiger partial charge is 0.573 e. The second-order valence-corrected chi connectivity index (χ2v) is 5.26. The molecule has 0 fully saturated rings. The van der Waals surface area contributed by atoms with Crippen molar-refractivity contribution < 1.29 is 37.0 Å². The van der Waals surface area contributed by atoms with E-state index in [1.807, 2.05) is 0 Å². The van der Waals surface area contributed by atoms with Gasteiger partial charge in [0, 0.05) is 4.47 Å². The van der Waals surface area contributed by atoms with Crippen LogP contribution in [0.4, 0.5) is 18.9 Å². The summed E-state index contributed by atoms with van der Waals surface area (Å²) in [6.45, 7) is 3.17. The zero-order valence-corrected chi connectivity index (χ0v) is 14.9. The second-order valence-electron chi connectivity index (χ2n) is 4.34. The molecule has 6 nitrogen and oxygen atoms in total. The van der Waals surface area contributed by atoms with E-state index in [0.29, 0.717) is 4.47 Å². The maximum Gasteiger partial charge on any atom is 0.573 e. The van der Waals surface area contributed by atoms with Crippen molar-refractivity contribution in [3.8, 4) is 5.75 Å². The van der Waals surface area contributed by atoms with Gasteiger partial charge in [-0.1, -0.05) is 15.9 Å². The molecule has 0 heterocycles. The summed E-state index contributed by atoms with van der Waals surface area (Å²) in [5.41, 5.74) is -0.584. The van der Waals surface area contributed by atoms with Crippen molar-refractivity contribution in [2.75, 3.05) is 18.5 Å². The standard InChI is InChI=1S/C15H15BrF3NO5/c1-3-23-13(21)8-11(14(22)24-4-2)20-10-6-5-9(16)7-12(10)25-15(17,18)19/h5-8,20H,3-4H2,1-2H3/b11-8-. The highest BCUT2D eigenvalue weighted by atomic mass is 79.9. The van der Waals surface area contributed by atoms with E-state index in [4.69, 9.17) is 4.74 Å². The molecule has 1 aromatic carbocycles. The molecule has 0 radical (unpaired) electrons. The highest BCUT2D eigenvalue weighted by molar-refractivity contribution is 9.10. The number of rotatable bonds is 7. The summed E-state index contributed by atoms with van der Waals surface area (Å²) in [6.07, 6.45) is -4.15. The summed E-state index contributed by atoms with van der Waals surface area (Å²) < 4.78 is 51.3. The number of hydrogen-bond donors (Lipinski definition) is 1. The first-order chi connectivity index (χ1) is 11.7. The number of hydrogen-bond acceptors (Lipinski definition) is 6. The monoisotopic (exact) mass is 425 g/mol. The van der Waals surface area contributed by atoms with E-state index < -0.39 is 29.7 Å². The Morgan fingerprint density at radius 2 is 1.84 bits per heavy atom. The fourth-order valence-corrected chi connectivity index (χ4v) is 1.95. The predicted octanol–water partition coefficient (Wildman–Crippen LogP) is 3.77. The van der Waals surface area contributed by atoms with Crippen LogP contribution in [0, 0.1) is 0 Å². The Bertz CT molecular complexity index is 661. The van der Waals surface area contributed by atoms with Gasteiger partial charge in [-0.25, -0.2) is 9.59 Å². The van der Waals surface area contributed by atoms with Crippen LogP contribution >= 0.6 is 15.9 Å². The fourth-order valence-electron chi connectivity index (χ4n) is 1.61. The molecule has 0 aliphatic carbocycles. The number of benzene rings is 1. The summed E-state index contributed by atoms with van der Waals surface area (Å²) in [4.78, 5) is 23.5. The van der Waals surface area contributed by atoms with Crippen LogP contribution in [0.1, 0.15) is 13.8 Å². The summed E-state index contributed by atoms with van der Waals surface area (Å²) >= 11 is 3.03. The highest BCUT2D eigenvalue weighted by Crippen LogP contribution is 2.33. The van der Waals surface area contributed by atoms with Gasteiger partial charge >= 0.3 is 18.3 Å². The van der Waals surface area contributed by atoms with Crippen molar-refractivity contribution in [3.63, 3.8) is 0 Å². The van der Waals surface area contributed by atoms with Crippen LogP contribution in [0.15, 0.2) is 34.4 Å². The lowest BCUT2D eigenvalue weighted by atomic mass is 10.2. The Balaban J connectivity index is 3.19. The van der Waals surface area contributed by atoms with Crippen molar-refractivity contribution in [2.45, 2.75) is 20.2 Å². The molecule has 138 valence electrons. The Labute approximate surface area is 150 Å². The van der Waals surface area contributed by atoms with Crippen LogP contribution < -0.4 is 10.1 Å². The molecule has 1 aromatic rings. The van der Waals surface area contributed by atoms with Gasteiger partial charge in [-0.2, -0.15) is 0 Å². The van der Waals surface area contributed by atoms with E-state index in [0.717, 1.165) is 12.1 Å². The molecular weight excluding hydrogens is 411 g/mol. The first-order valence-electron chi connectivity index (χ1n) is 7.04. The number of carbonyl (C=O) groups is 2. The lowest BCUT2D eigenvalue weighted by Crippen LogP contribution is -2.20. The first kappa shape index (κ1) is 20.8. The minimum Gasteiger partial charge on any atom is -0.463 e. The van der Waals surface area contributed by atoms with E-state index in [1.54, 1.807) is 6.92 Å². The number of nitrogens with one attached hydrogen (secondary N) is 1. The average molecular weight is 426 g/mol. The van der Waals surface area contributed by atoms with Crippen LogP contribution in [0.5, 0.6) is 5.75 Å². The molecule has 1 N–H and O–H groups in total. The Kier molecular flexibility index (Phi) is 7.75. The third-order valence-electron chi connectivity index (χ3n) is 2.48. The molecule has 0 aliphatic rings. The third kappa shape index (κ3) is 7.46. The van der Waals surface area contributed by atoms with E-state index in [-0.39, 0.29) is 18.9 Å². The number of esters is 2. The van der Waals surface area contributed by atoms with E-state index in [9.17, 15) is 22.8 Å². The lowest BCUT2D eigenvalue weighted by molar-refractivity contribution is -0.274. The molecule has 1 rings (SSSR count). The maximum absolute atomic E-state index is 12.5. The zero-order valence-electron chi connectivity index (χ0n) is 13.3. The van der Waals surface area contributed by atoms with Gasteiger partial charge in [0.1, 0.15) is 5.70 Å². The fraction of sp³-hybridized carbons (Fsp3) is 0.333. The summed E-state index contributed by atoms with van der Waals surface area (Å²) in [5.74, 6) is -2.38. The smallest absolute Gasteiger partial charge is 0.463 e. The summed E-state index contributed by atoms with van der Waals surface area (Å²) in [5, 5.41) is 2.41. The van der Waals surface area contributed by atoms with Crippen molar-refractivity contribution >= 4 is 33.6 Å². The first-order valence-corrected chi connectivity index (χ1v) is 7.83. The molecule has 25 heavy (non-hydrogen) atoms. The van der Waals surface area contributed by atoms with Crippen molar-refractivity contribution in [1.82, 2.24) is 0 Å². The van der Waals surface area contributed by atoms with Gasteiger partial charge in [0.15, 0.2) is 5.75 Å². The maximum atomic E-state index is 12.5. The summed E-state index contributed by atoms with van der Waals surface area (Å²) in [7, 11) is 0. The highest BCUT2D eigenvalue weighted by Gasteiger charge is 2.32. The Morgan fingerprint density at radius 1 is 1.20 bits per heavy atom. The van der Waals surface area contributed by atoms with Crippen LogP contribution in [-0.4, -0.2) is 31.5 Å². The van der Waals surface area contributed by atoms with Gasteiger partial charge in [0.05, 0.1) is 25.0 Å². The number of ether oxygens (including phenoxy) is 3. The molecule has 0 spiro atoms. The summed E-state index contributed by atoms with van der Waals surface area (Å²) in [6, 6.07) is 3.73. The number of alkyl halides is 3. The van der Waals surface area contributed by atoms with Crippen LogP contribution in [0.25, 0.3) is 0 Å². The lowest BCUT2D eigenvalue weighted by Gasteiger charge is -2.16. The topological polar surface area (TPSA) is 73.9 Å². The molecule has 0 amide bonds. The van der Waals surface area contributed by atoms with E-state index in [1.165, 1.54) is 19.1 Å². The molecule has 0 aliphatic heterocycles. The Hall–Kier alpha value is -2.23. The Morgan fingerprint density at radius 3 is 2.40 bits per heavy atom. The van der Waals surface area contributed by atoms with Gasteiger partial charge in [-0.3, -0.25) is 0 Å². The van der Waals surface area contributed by atoms with Crippen LogP contribution in [0.2, 0.25) is 0 Å². The number of anilines is 1. The van der Waals surface area contributed by atoms with Gasteiger partial charge in [-0.15, -0.1) is 13.2 Å². The van der Waals surface area contributed by atoms with Crippen molar-refractivity contribution in [1.29, 1.82) is 0 Å². The third-order valence-corrected chi connectivity index (χ3v) is 2.98. The quantitative estimate of drug-likeness (QED) is 0.529. The van der Waals surface area contributed by atoms with Crippen molar-refractivity contribution in [2.24, 2.45) is 0 Å². The van der Waals surface area contributed by atoms with Crippen LogP contribution in [-0.2, 0) is 19.1 Å². The molecule has 0 unspecified atom stereocenters. The molecule has 0 saturated heterocycles. The zero-order chi connectivity index (χ0) is 19.0. The van der Waals surface area contributed by atoms with E-state index in [2.05, 4.69) is 30.7 Å². The minimum absolute atomic E-state index is 0.00687. The van der Waals surface area contributed by atoms with Gasteiger partial charge in [0.25, 0.3) is 0 Å². The molecule has 0 saturated carbocycles. The molecule has 0 bridgehead atoms. The van der Waals surface area contributed by atoms with Gasteiger partial charge in [0.2, 0.25) is 0 Å². The van der Waals surface area contributed by atoms with E-state index >= 15 is 0 Å². The van der Waals surface area contributed by atoms with Crippen molar-refractivity contribution in [3.05, 3.63) is 34.4 Å². The van der Waals surface area contributed by atoms with Gasteiger partial charge in [-0.05, 0) is 32.0 Å². The molecular formula is C15H15BrF3NO5. The van der Waals surface area contributed by atoms with Gasteiger partial charge < -0.3 is 19.5 Å². The normalized spacial score (nSPS) is 11.7. The molecule has 10 heteroatoms. The van der Waals surface area contributed by atoms with Crippen LogP contribution in [0.3, 0.4) is 0 Å². The predicted molar refractivity (Wildman–Crippen MR) is 85.8 cm³/mol. The second kappa shape index (κ2) is 9.30. The molecule has 0 aromatic heterocycles. The SMILES string of the molecule is CCOC(=O)/C=C(\Nc1ccc(Br)cc1OC(F)(F)F)C(=O)OCC. The average Bonchev–Trinajstić information content (AvgIpc) is 2.48. The number of halogens is 4. The molecule has 0 atom stereocenters. The number of carbonyl (C=O) groups excluding carboxylic acids is 2. The minimum atomic E-state index is -4.94.